The van der Waals surface area contributed by atoms with Gasteiger partial charge in [0.1, 0.15) is 5.25 Å². The van der Waals surface area contributed by atoms with E-state index in [1.807, 2.05) is 0 Å². The number of sulfone groups is 2. The van der Waals surface area contributed by atoms with Crippen LogP contribution in [-0.4, -0.2) is 71.8 Å². The second-order valence-corrected chi connectivity index (χ2v) is 23.9. The molecule has 5 rings (SSSR count). The smallest absolute Gasteiger partial charge is 0.214 e. The molecule has 0 amide bonds. The molecule has 3 unspecified atom stereocenters. The van der Waals surface area contributed by atoms with E-state index in [4.69, 9.17) is 14.0 Å². The number of ether oxygens (including phenoxy) is 1. The van der Waals surface area contributed by atoms with E-state index >= 15 is 0 Å². The van der Waals surface area contributed by atoms with E-state index in [-0.39, 0.29) is 28.9 Å². The van der Waals surface area contributed by atoms with E-state index < -0.39 is 43.7 Å². The molecule has 2 aromatic rings. The molecule has 0 radical (unpaired) electrons. The monoisotopic (exact) mass is 677 g/mol. The SMILES string of the molecule is CC(C)[Si](OCCCC[C@@]1(CC[C@H]2CO2)CC2(S(=O)(=O)c3ccccc3)ON1CC2S(=O)(=O)c1ccccc1)(C(C)C)C(C)C. The van der Waals surface area contributed by atoms with Crippen LogP contribution in [0, 0.1) is 0 Å². The summed E-state index contributed by atoms with van der Waals surface area (Å²) in [5.41, 5.74) is 0.871. The summed E-state index contributed by atoms with van der Waals surface area (Å²) in [6.07, 6.45) is 4.05. The maximum atomic E-state index is 14.6. The van der Waals surface area contributed by atoms with E-state index in [2.05, 4.69) is 41.5 Å². The summed E-state index contributed by atoms with van der Waals surface area (Å²) in [5.74, 6) is 0. The molecule has 8 nitrogen and oxygen atoms in total. The van der Waals surface area contributed by atoms with Gasteiger partial charge in [-0.1, -0.05) is 77.9 Å². The number of nitrogens with zero attached hydrogens (tertiary/aromatic N) is 1. The largest absolute Gasteiger partial charge is 0.416 e. The molecule has 3 saturated heterocycles. The van der Waals surface area contributed by atoms with Gasteiger partial charge in [0.15, 0.2) is 18.2 Å². The average Bonchev–Trinajstić information content (AvgIpc) is 3.67. The Morgan fingerprint density at radius 2 is 1.40 bits per heavy atom. The number of hydrogen-bond donors (Lipinski definition) is 0. The molecule has 0 saturated carbocycles. The minimum atomic E-state index is -4.22. The number of benzene rings is 2. The topological polar surface area (TPSA) is 103 Å². The second-order valence-electron chi connectivity index (χ2n) is 14.1. The molecule has 250 valence electrons. The van der Waals surface area contributed by atoms with Crippen LogP contribution < -0.4 is 0 Å². The first-order valence-corrected chi connectivity index (χ1v) is 21.7. The van der Waals surface area contributed by atoms with Crippen LogP contribution in [0.4, 0.5) is 0 Å². The first kappa shape index (κ1) is 34.7. The van der Waals surface area contributed by atoms with Crippen LogP contribution in [0.25, 0.3) is 0 Å². The molecule has 3 aliphatic rings. The Balaban J connectivity index is 1.44. The average molecular weight is 678 g/mol. The maximum Gasteiger partial charge on any atom is 0.214 e. The number of fused-ring (bicyclic) bond motifs is 2. The van der Waals surface area contributed by atoms with Gasteiger partial charge in [0.05, 0.1) is 28.0 Å². The highest BCUT2D eigenvalue weighted by Gasteiger charge is 2.73. The highest BCUT2D eigenvalue weighted by molar-refractivity contribution is 7.96. The summed E-state index contributed by atoms with van der Waals surface area (Å²) in [5, 5.41) is 0.470. The Bertz CT molecular complexity index is 1490. The predicted molar refractivity (Wildman–Crippen MR) is 179 cm³/mol. The summed E-state index contributed by atoms with van der Waals surface area (Å²) in [4.78, 5) is 4.73. The van der Waals surface area contributed by atoms with E-state index in [9.17, 15) is 16.8 Å². The summed E-state index contributed by atoms with van der Waals surface area (Å²) in [6, 6.07) is 16.3. The second kappa shape index (κ2) is 13.1. The van der Waals surface area contributed by atoms with E-state index in [0.29, 0.717) is 42.7 Å². The van der Waals surface area contributed by atoms with Crippen molar-refractivity contribution >= 4 is 28.0 Å². The van der Waals surface area contributed by atoms with E-state index in [0.717, 1.165) is 19.3 Å². The van der Waals surface area contributed by atoms with Crippen molar-refractivity contribution in [3.63, 3.8) is 0 Å². The van der Waals surface area contributed by atoms with Crippen molar-refractivity contribution in [1.82, 2.24) is 5.06 Å². The molecule has 2 aromatic carbocycles. The number of unbranched alkanes of at least 4 members (excludes halogenated alkanes) is 1. The van der Waals surface area contributed by atoms with Gasteiger partial charge in [-0.2, -0.15) is 5.06 Å². The van der Waals surface area contributed by atoms with Gasteiger partial charge in [0.2, 0.25) is 14.8 Å². The molecule has 11 heteroatoms. The lowest BCUT2D eigenvalue weighted by molar-refractivity contribution is -0.157. The minimum absolute atomic E-state index is 0.00458. The van der Waals surface area contributed by atoms with Crippen LogP contribution in [0.2, 0.25) is 16.6 Å². The number of hydrogen-bond acceptors (Lipinski definition) is 8. The number of epoxide rings is 1. The Morgan fingerprint density at radius 3 is 1.93 bits per heavy atom. The Kier molecular flexibility index (Phi) is 10.1. The summed E-state index contributed by atoms with van der Waals surface area (Å²) in [7, 11) is -10.3. The lowest BCUT2D eigenvalue weighted by Gasteiger charge is -2.42. The van der Waals surface area contributed by atoms with Crippen molar-refractivity contribution in [2.75, 3.05) is 19.8 Å². The summed E-state index contributed by atoms with van der Waals surface area (Å²) in [6.45, 7) is 15.1. The summed E-state index contributed by atoms with van der Waals surface area (Å²) >= 11 is 0. The summed E-state index contributed by atoms with van der Waals surface area (Å²) < 4.78 is 69.8. The fourth-order valence-electron chi connectivity index (χ4n) is 8.30. The zero-order valence-corrected chi connectivity index (χ0v) is 30.3. The molecule has 0 aliphatic carbocycles. The zero-order chi connectivity index (χ0) is 32.7. The Morgan fingerprint density at radius 1 is 0.844 bits per heavy atom. The van der Waals surface area contributed by atoms with Gasteiger partial charge < -0.3 is 9.16 Å². The van der Waals surface area contributed by atoms with Gasteiger partial charge >= 0.3 is 0 Å². The fraction of sp³-hybridized carbons (Fsp3) is 0.647. The predicted octanol–water partition coefficient (Wildman–Crippen LogP) is 6.93. The molecule has 45 heavy (non-hydrogen) atoms. The third kappa shape index (κ3) is 6.23. The molecule has 2 bridgehead atoms. The van der Waals surface area contributed by atoms with Crippen molar-refractivity contribution < 1.29 is 30.8 Å². The van der Waals surface area contributed by atoms with Gasteiger partial charge in [0, 0.05) is 19.6 Å². The van der Waals surface area contributed by atoms with Crippen molar-refractivity contribution in [2.24, 2.45) is 0 Å². The van der Waals surface area contributed by atoms with Crippen LogP contribution in [0.15, 0.2) is 70.5 Å². The lowest BCUT2D eigenvalue weighted by Crippen LogP contribution is -2.57. The first-order chi connectivity index (χ1) is 21.2. The van der Waals surface area contributed by atoms with Crippen molar-refractivity contribution in [2.45, 2.75) is 128 Å². The third-order valence-electron chi connectivity index (χ3n) is 10.6. The lowest BCUT2D eigenvalue weighted by atomic mass is 9.79. The maximum absolute atomic E-state index is 14.6. The van der Waals surface area contributed by atoms with E-state index in [1.54, 1.807) is 41.5 Å². The minimum Gasteiger partial charge on any atom is -0.416 e. The van der Waals surface area contributed by atoms with Gasteiger partial charge in [-0.25, -0.2) is 16.8 Å². The number of hydroxylamine groups is 2. The molecule has 3 heterocycles. The normalized spacial score (nSPS) is 28.4. The van der Waals surface area contributed by atoms with Gasteiger partial charge in [-0.15, -0.1) is 0 Å². The van der Waals surface area contributed by atoms with E-state index in [1.165, 1.54) is 24.3 Å². The molecule has 3 aliphatic heterocycles. The van der Waals surface area contributed by atoms with Crippen LogP contribution in [0.1, 0.15) is 80.1 Å². The van der Waals surface area contributed by atoms with Crippen LogP contribution in [0.5, 0.6) is 0 Å². The molecule has 3 fully saturated rings. The molecule has 5 atom stereocenters. The standard InChI is InChI=1S/C34H51NO7S2Si/c1-26(2)45(27(3)4,28(5)6)41-22-14-13-20-33(21-19-29-24-40-29)25-34(44(38,39)31-17-11-8-12-18-31)32(23-35(33)42-34)43(36,37)30-15-9-7-10-16-30/h7-12,15-18,26-29,32H,13-14,19-25H2,1-6H3/t29-,32?,33+,34?/m0/s1. The first-order valence-electron chi connectivity index (χ1n) is 16.5. The highest BCUT2D eigenvalue weighted by Crippen LogP contribution is 2.57. The van der Waals surface area contributed by atoms with Crippen LogP contribution in [0.3, 0.4) is 0 Å². The van der Waals surface area contributed by atoms with Crippen molar-refractivity contribution in [3.05, 3.63) is 60.7 Å². The van der Waals surface area contributed by atoms with Gasteiger partial charge in [-0.3, -0.25) is 4.84 Å². The fourth-order valence-corrected chi connectivity index (χ4v) is 18.3. The van der Waals surface area contributed by atoms with Crippen molar-refractivity contribution in [3.8, 4) is 0 Å². The zero-order valence-electron chi connectivity index (χ0n) is 27.6. The molecular weight excluding hydrogens is 627 g/mol. The quantitative estimate of drug-likeness (QED) is 0.107. The van der Waals surface area contributed by atoms with Crippen molar-refractivity contribution in [1.29, 1.82) is 0 Å². The van der Waals surface area contributed by atoms with Gasteiger partial charge in [-0.05, 0) is 73.0 Å². The molecule has 0 aromatic heterocycles. The number of rotatable bonds is 16. The molecule has 0 N–H and O–H groups in total. The Hall–Kier alpha value is -1.60. The van der Waals surface area contributed by atoms with Crippen LogP contribution >= 0.6 is 0 Å². The number of piperidine rings is 1. The highest BCUT2D eigenvalue weighted by atomic mass is 32.2. The molecular formula is C34H51NO7S2Si. The van der Waals surface area contributed by atoms with Gasteiger partial charge in [0.25, 0.3) is 0 Å². The molecule has 0 spiro atoms. The third-order valence-corrected chi connectivity index (χ3v) is 21.4. The Labute approximate surface area is 271 Å². The van der Waals surface area contributed by atoms with Crippen LogP contribution in [-0.2, 0) is 33.7 Å².